The standard InChI is InChI=1S/C16H25N5O7.C5H10O2/c1-6(22)20-11-8(21-16(17)18)4-10(15(26)27)28-13(11)12(24)9(23)5-19-14(25)7-2-3-7;1-5(2,3)4(6)7/h4,7-9,11-13,23-24H,2-3,5H2,1H3,(H,19,25)(H,20,22)(H,26,27)(H4,17,18,21);1-3H3,(H,6,7)/t8-,9?,11+,12?,13+;/m0./s1. The van der Waals surface area contributed by atoms with Crippen molar-refractivity contribution in [2.45, 2.75) is 70.9 Å². The summed E-state index contributed by atoms with van der Waals surface area (Å²) in [6.07, 6.45) is -1.90. The molecule has 0 radical (unpaired) electrons. The largest absolute Gasteiger partial charge is 0.481 e. The lowest BCUT2D eigenvalue weighted by Gasteiger charge is -2.38. The van der Waals surface area contributed by atoms with Gasteiger partial charge in [0.2, 0.25) is 17.6 Å². The molecule has 198 valence electrons. The lowest BCUT2D eigenvalue weighted by molar-refractivity contribution is -0.146. The topological polar surface area (TPSA) is 247 Å². The van der Waals surface area contributed by atoms with Crippen LogP contribution in [-0.4, -0.2) is 87.1 Å². The van der Waals surface area contributed by atoms with E-state index < -0.39 is 59.4 Å². The number of aliphatic hydroxyl groups is 2. The van der Waals surface area contributed by atoms with Crippen LogP contribution in [-0.2, 0) is 23.9 Å². The first kappa shape index (κ1) is 29.6. The van der Waals surface area contributed by atoms with E-state index in [1.54, 1.807) is 20.8 Å². The fourth-order valence-corrected chi connectivity index (χ4v) is 2.84. The summed E-state index contributed by atoms with van der Waals surface area (Å²) in [6.45, 7) is 5.92. The molecule has 14 nitrogen and oxygen atoms in total. The Labute approximate surface area is 202 Å². The summed E-state index contributed by atoms with van der Waals surface area (Å²) in [5.74, 6) is -3.94. The summed E-state index contributed by atoms with van der Waals surface area (Å²) in [5.41, 5.74) is 10.2. The highest BCUT2D eigenvalue weighted by molar-refractivity contribution is 5.85. The molecule has 0 aromatic rings. The van der Waals surface area contributed by atoms with Gasteiger partial charge in [0.05, 0.1) is 17.5 Å². The highest BCUT2D eigenvalue weighted by atomic mass is 16.5. The van der Waals surface area contributed by atoms with E-state index in [-0.39, 0.29) is 24.3 Å². The van der Waals surface area contributed by atoms with Crippen LogP contribution >= 0.6 is 0 Å². The number of ether oxygens (including phenoxy) is 1. The van der Waals surface area contributed by atoms with Gasteiger partial charge < -0.3 is 47.3 Å². The zero-order valence-corrected chi connectivity index (χ0v) is 20.1. The van der Waals surface area contributed by atoms with Gasteiger partial charge in [-0.2, -0.15) is 0 Å². The van der Waals surface area contributed by atoms with Gasteiger partial charge in [0.1, 0.15) is 18.3 Å². The summed E-state index contributed by atoms with van der Waals surface area (Å²) >= 11 is 0. The van der Waals surface area contributed by atoms with Crippen molar-refractivity contribution in [3.05, 3.63) is 11.8 Å². The predicted molar refractivity (Wildman–Crippen MR) is 123 cm³/mol. The molecule has 0 aromatic heterocycles. The highest BCUT2D eigenvalue weighted by Gasteiger charge is 2.44. The molecular weight excluding hydrogens is 466 g/mol. The SMILES string of the molecule is CC(=O)N[C@@H]1[C@@H](N=C(N)N)C=C(C(=O)O)O[C@H]1C(O)C(O)CNC(=O)C1CC1.CC(C)(C)C(=O)O. The molecule has 1 fully saturated rings. The second-order valence-electron chi connectivity index (χ2n) is 9.32. The van der Waals surface area contributed by atoms with E-state index in [9.17, 15) is 34.5 Å². The maximum atomic E-state index is 11.7. The van der Waals surface area contributed by atoms with Crippen LogP contribution in [0.15, 0.2) is 16.8 Å². The molecule has 0 spiro atoms. The first-order chi connectivity index (χ1) is 16.0. The molecule has 1 heterocycles. The molecule has 0 bridgehead atoms. The van der Waals surface area contributed by atoms with Crippen LogP contribution in [0, 0.1) is 11.3 Å². The van der Waals surface area contributed by atoms with Gasteiger partial charge in [0.15, 0.2) is 5.96 Å². The minimum atomic E-state index is -1.66. The van der Waals surface area contributed by atoms with Gasteiger partial charge in [-0.05, 0) is 39.7 Å². The Kier molecular flexibility index (Phi) is 10.5. The maximum absolute atomic E-state index is 11.7. The fourth-order valence-electron chi connectivity index (χ4n) is 2.84. The van der Waals surface area contributed by atoms with Gasteiger partial charge in [0, 0.05) is 19.4 Å². The normalized spacial score (nSPS) is 23.1. The monoisotopic (exact) mass is 501 g/mol. The Hall–Kier alpha value is -3.39. The van der Waals surface area contributed by atoms with Crippen molar-refractivity contribution in [1.29, 1.82) is 0 Å². The van der Waals surface area contributed by atoms with E-state index in [2.05, 4.69) is 15.6 Å². The van der Waals surface area contributed by atoms with E-state index in [1.807, 2.05) is 0 Å². The number of carbonyl (C=O) groups is 4. The highest BCUT2D eigenvalue weighted by Crippen LogP contribution is 2.29. The third kappa shape index (κ3) is 9.78. The van der Waals surface area contributed by atoms with E-state index in [4.69, 9.17) is 21.3 Å². The van der Waals surface area contributed by atoms with Crippen LogP contribution < -0.4 is 22.1 Å². The Morgan fingerprint density at radius 2 is 1.71 bits per heavy atom. The van der Waals surface area contributed by atoms with Crippen molar-refractivity contribution in [3.63, 3.8) is 0 Å². The van der Waals surface area contributed by atoms with Crippen molar-refractivity contribution in [3.8, 4) is 0 Å². The summed E-state index contributed by atoms with van der Waals surface area (Å²) < 4.78 is 5.30. The van der Waals surface area contributed by atoms with E-state index in [0.717, 1.165) is 18.9 Å². The Bertz CT molecular complexity index is 860. The van der Waals surface area contributed by atoms with E-state index in [0.29, 0.717) is 0 Å². The van der Waals surface area contributed by atoms with Crippen molar-refractivity contribution in [1.82, 2.24) is 10.6 Å². The van der Waals surface area contributed by atoms with Crippen LogP contribution in [0.5, 0.6) is 0 Å². The maximum Gasteiger partial charge on any atom is 0.370 e. The fraction of sp³-hybridized carbons (Fsp3) is 0.667. The first-order valence-corrected chi connectivity index (χ1v) is 10.9. The second-order valence-corrected chi connectivity index (χ2v) is 9.32. The number of guanidine groups is 1. The van der Waals surface area contributed by atoms with Crippen LogP contribution in [0.1, 0.15) is 40.5 Å². The van der Waals surface area contributed by atoms with Gasteiger partial charge in [-0.25, -0.2) is 9.79 Å². The average molecular weight is 502 g/mol. The molecule has 35 heavy (non-hydrogen) atoms. The van der Waals surface area contributed by atoms with Crippen LogP contribution in [0.2, 0.25) is 0 Å². The van der Waals surface area contributed by atoms with Crippen molar-refractivity contribution in [2.24, 2.45) is 27.8 Å². The molecule has 2 unspecified atom stereocenters. The molecule has 10 N–H and O–H groups in total. The van der Waals surface area contributed by atoms with Crippen molar-refractivity contribution in [2.75, 3.05) is 6.54 Å². The zero-order chi connectivity index (χ0) is 27.1. The first-order valence-electron chi connectivity index (χ1n) is 10.9. The minimum absolute atomic E-state index is 0.0878. The Morgan fingerprint density at radius 3 is 2.11 bits per heavy atom. The zero-order valence-electron chi connectivity index (χ0n) is 20.1. The number of aliphatic imine (C=N–C) groups is 1. The number of amides is 2. The van der Waals surface area contributed by atoms with Crippen LogP contribution in [0.25, 0.3) is 0 Å². The molecule has 5 atom stereocenters. The van der Waals surface area contributed by atoms with Crippen LogP contribution in [0.4, 0.5) is 0 Å². The predicted octanol–water partition coefficient (Wildman–Crippen LogP) is -2.13. The molecule has 2 aliphatic rings. The smallest absolute Gasteiger partial charge is 0.370 e. The number of hydrogen-bond acceptors (Lipinski definition) is 8. The molecule has 2 amide bonds. The molecule has 2 rings (SSSR count). The Morgan fingerprint density at radius 1 is 1.17 bits per heavy atom. The molecule has 14 heteroatoms. The lowest BCUT2D eigenvalue weighted by Crippen LogP contribution is -2.60. The number of nitrogens with one attached hydrogen (secondary N) is 2. The minimum Gasteiger partial charge on any atom is -0.481 e. The number of carboxylic acid groups (broad SMARTS) is 2. The van der Waals surface area contributed by atoms with Gasteiger partial charge in [-0.1, -0.05) is 0 Å². The molecule has 1 saturated carbocycles. The quantitative estimate of drug-likeness (QED) is 0.132. The van der Waals surface area contributed by atoms with E-state index in [1.165, 1.54) is 6.92 Å². The second kappa shape index (κ2) is 12.4. The number of hydrogen-bond donors (Lipinski definition) is 8. The number of aliphatic carboxylic acids is 2. The van der Waals surface area contributed by atoms with Gasteiger partial charge in [0.25, 0.3) is 0 Å². The molecule has 1 aliphatic carbocycles. The number of rotatable bonds is 8. The van der Waals surface area contributed by atoms with Gasteiger partial charge in [-0.3, -0.25) is 14.4 Å². The summed E-state index contributed by atoms with van der Waals surface area (Å²) in [6, 6.07) is -2.12. The summed E-state index contributed by atoms with van der Waals surface area (Å²) in [7, 11) is 0. The molecule has 0 saturated heterocycles. The number of carbonyl (C=O) groups excluding carboxylic acids is 2. The van der Waals surface area contributed by atoms with Crippen LogP contribution in [0.3, 0.4) is 0 Å². The van der Waals surface area contributed by atoms with Crippen molar-refractivity contribution < 1.29 is 44.3 Å². The number of aliphatic hydroxyl groups excluding tert-OH is 2. The Balaban J connectivity index is 0.000000762. The van der Waals surface area contributed by atoms with Crippen molar-refractivity contribution >= 4 is 29.7 Å². The third-order valence-corrected chi connectivity index (χ3v) is 4.99. The number of nitrogens with zero attached hydrogens (tertiary/aromatic N) is 1. The molecular formula is C21H35N5O9. The molecule has 0 aromatic carbocycles. The lowest BCUT2D eigenvalue weighted by atomic mass is 9.92. The number of carboxylic acids is 2. The number of nitrogens with two attached hydrogens (primary N) is 2. The average Bonchev–Trinajstić information content (AvgIpc) is 3.56. The van der Waals surface area contributed by atoms with Gasteiger partial charge >= 0.3 is 11.9 Å². The molecule has 1 aliphatic heterocycles. The third-order valence-electron chi connectivity index (χ3n) is 4.99. The summed E-state index contributed by atoms with van der Waals surface area (Å²) in [5, 5.41) is 43.3. The summed E-state index contributed by atoms with van der Waals surface area (Å²) in [4.78, 5) is 48.5. The van der Waals surface area contributed by atoms with E-state index >= 15 is 0 Å². The van der Waals surface area contributed by atoms with Gasteiger partial charge in [-0.15, -0.1) is 0 Å².